The zero-order valence-corrected chi connectivity index (χ0v) is 15.6. The molecule has 0 radical (unpaired) electrons. The molecule has 0 atom stereocenters. The average molecular weight is 350 g/mol. The molecule has 0 spiro atoms. The molecule has 0 aliphatic heterocycles. The van der Waals surface area contributed by atoms with Crippen LogP contribution in [0.5, 0.6) is 0 Å². The molecule has 1 aliphatic rings. The van der Waals surface area contributed by atoms with Gasteiger partial charge in [-0.15, -0.1) is 0 Å². The van der Waals surface area contributed by atoms with Gasteiger partial charge in [0.25, 0.3) is 5.24 Å². The highest BCUT2D eigenvalue weighted by Crippen LogP contribution is 2.28. The molecule has 0 saturated heterocycles. The fraction of sp³-hybridized carbons (Fsp3) is 0.667. The number of anilines is 1. The predicted octanol–water partition coefficient (Wildman–Crippen LogP) is 6.79. The normalized spacial score (nSPS) is 15.4. The summed E-state index contributed by atoms with van der Waals surface area (Å²) < 4.78 is 0. The van der Waals surface area contributed by atoms with Crippen molar-refractivity contribution in [2.45, 2.75) is 77.0 Å². The maximum atomic E-state index is 11.0. The molecular weight excluding hydrogens is 318 g/mol. The molecule has 3 heteroatoms. The summed E-state index contributed by atoms with van der Waals surface area (Å²) in [5.74, 6) is 1.04. The smallest absolute Gasteiger partial charge is 0.252 e. The van der Waals surface area contributed by atoms with Crippen LogP contribution in [0, 0.1) is 5.92 Å². The van der Waals surface area contributed by atoms with E-state index in [0.717, 1.165) is 18.2 Å². The van der Waals surface area contributed by atoms with Gasteiger partial charge in [0.15, 0.2) is 0 Å². The molecule has 1 aliphatic carbocycles. The Bertz CT molecular complexity index is 465. The molecule has 0 heterocycles. The van der Waals surface area contributed by atoms with Crippen LogP contribution in [0.2, 0.25) is 0 Å². The van der Waals surface area contributed by atoms with Gasteiger partial charge in [0.05, 0.1) is 0 Å². The second-order valence-electron chi connectivity index (χ2n) is 7.19. The van der Waals surface area contributed by atoms with Gasteiger partial charge in [0, 0.05) is 17.8 Å². The van der Waals surface area contributed by atoms with Crippen molar-refractivity contribution in [3.63, 3.8) is 0 Å². The number of hydrogen-bond donors (Lipinski definition) is 1. The van der Waals surface area contributed by atoms with E-state index in [0.29, 0.717) is 5.56 Å². The van der Waals surface area contributed by atoms with Crippen molar-refractivity contribution in [3.8, 4) is 0 Å². The second kappa shape index (κ2) is 11.5. The maximum absolute atomic E-state index is 11.0. The Hall–Kier alpha value is -1.02. The van der Waals surface area contributed by atoms with Crippen molar-refractivity contribution in [2.75, 3.05) is 11.9 Å². The van der Waals surface area contributed by atoms with Gasteiger partial charge in [0.2, 0.25) is 0 Å². The zero-order valence-electron chi connectivity index (χ0n) is 14.9. The van der Waals surface area contributed by atoms with Gasteiger partial charge < -0.3 is 5.32 Å². The number of nitrogens with one attached hydrogen (secondary N) is 1. The van der Waals surface area contributed by atoms with Crippen LogP contribution >= 0.6 is 11.6 Å². The first-order valence-electron chi connectivity index (χ1n) is 9.79. The van der Waals surface area contributed by atoms with Crippen LogP contribution in [0.3, 0.4) is 0 Å². The van der Waals surface area contributed by atoms with E-state index in [2.05, 4.69) is 5.32 Å². The van der Waals surface area contributed by atoms with Gasteiger partial charge in [0.1, 0.15) is 0 Å². The van der Waals surface area contributed by atoms with Crippen LogP contribution in [-0.2, 0) is 0 Å². The van der Waals surface area contributed by atoms with Gasteiger partial charge in [-0.2, -0.15) is 0 Å². The maximum Gasteiger partial charge on any atom is 0.252 e. The molecule has 134 valence electrons. The molecule has 0 unspecified atom stereocenters. The summed E-state index contributed by atoms with van der Waals surface area (Å²) in [7, 11) is 0. The van der Waals surface area contributed by atoms with Crippen molar-refractivity contribution in [2.24, 2.45) is 5.92 Å². The van der Waals surface area contributed by atoms with Crippen LogP contribution in [-0.4, -0.2) is 11.8 Å². The topological polar surface area (TPSA) is 29.1 Å². The highest BCUT2D eigenvalue weighted by atomic mass is 35.5. The Morgan fingerprint density at radius 1 is 0.917 bits per heavy atom. The Labute approximate surface area is 152 Å². The fourth-order valence-corrected chi connectivity index (χ4v) is 3.82. The van der Waals surface area contributed by atoms with Crippen LogP contribution in [0.4, 0.5) is 5.69 Å². The second-order valence-corrected chi connectivity index (χ2v) is 7.54. The van der Waals surface area contributed by atoms with E-state index in [4.69, 9.17) is 11.6 Å². The lowest BCUT2D eigenvalue weighted by Crippen LogP contribution is -2.05. The fourth-order valence-electron chi connectivity index (χ4n) is 3.69. The van der Waals surface area contributed by atoms with Crippen LogP contribution < -0.4 is 5.32 Å². The summed E-state index contributed by atoms with van der Waals surface area (Å²) in [6, 6.07) is 7.37. The summed E-state index contributed by atoms with van der Waals surface area (Å²) in [5.41, 5.74) is 1.61. The van der Waals surface area contributed by atoms with Crippen molar-refractivity contribution < 1.29 is 4.79 Å². The zero-order chi connectivity index (χ0) is 17.0. The Kier molecular flexibility index (Phi) is 9.27. The van der Waals surface area contributed by atoms with E-state index in [1.807, 2.05) is 12.1 Å². The molecule has 1 saturated carbocycles. The lowest BCUT2D eigenvalue weighted by molar-refractivity contribution is 0.108. The molecule has 1 aromatic carbocycles. The molecule has 2 rings (SSSR count). The summed E-state index contributed by atoms with van der Waals surface area (Å²) in [5, 5.41) is 3.00. The highest BCUT2D eigenvalue weighted by Gasteiger charge is 2.12. The van der Waals surface area contributed by atoms with E-state index in [-0.39, 0.29) is 0 Å². The van der Waals surface area contributed by atoms with Gasteiger partial charge >= 0.3 is 0 Å². The molecule has 1 fully saturated rings. The summed E-state index contributed by atoms with van der Waals surface area (Å²) in [6.07, 6.45) is 17.0. The van der Waals surface area contributed by atoms with Crippen molar-refractivity contribution in [1.29, 1.82) is 0 Å². The van der Waals surface area contributed by atoms with Crippen LogP contribution in [0.25, 0.3) is 0 Å². The summed E-state index contributed by atoms with van der Waals surface area (Å²) in [6.45, 7) is 0.996. The van der Waals surface area contributed by atoms with E-state index in [9.17, 15) is 4.79 Å². The van der Waals surface area contributed by atoms with Crippen molar-refractivity contribution in [1.82, 2.24) is 0 Å². The summed E-state index contributed by atoms with van der Waals surface area (Å²) in [4.78, 5) is 11.0. The molecule has 2 nitrogen and oxygen atoms in total. The number of unbranched alkanes of at least 4 members (excludes halogenated alkanes) is 5. The lowest BCUT2D eigenvalue weighted by atomic mass is 9.85. The predicted molar refractivity (Wildman–Crippen MR) is 104 cm³/mol. The van der Waals surface area contributed by atoms with E-state index < -0.39 is 5.24 Å². The van der Waals surface area contributed by atoms with Crippen LogP contribution in [0.1, 0.15) is 87.4 Å². The lowest BCUT2D eigenvalue weighted by Gasteiger charge is -2.21. The number of hydrogen-bond acceptors (Lipinski definition) is 2. The van der Waals surface area contributed by atoms with E-state index >= 15 is 0 Å². The van der Waals surface area contributed by atoms with Crippen molar-refractivity contribution in [3.05, 3.63) is 29.8 Å². The summed E-state index contributed by atoms with van der Waals surface area (Å²) >= 11 is 5.44. The molecule has 0 aromatic heterocycles. The van der Waals surface area contributed by atoms with E-state index in [1.165, 1.54) is 77.0 Å². The monoisotopic (exact) mass is 349 g/mol. The third kappa shape index (κ3) is 7.70. The Morgan fingerprint density at radius 3 is 2.21 bits per heavy atom. The molecular formula is C21H32ClNO. The third-order valence-electron chi connectivity index (χ3n) is 5.20. The minimum Gasteiger partial charge on any atom is -0.385 e. The number of carbonyl (C=O) groups excluding carboxylic acids is 1. The number of rotatable bonds is 11. The molecule has 0 bridgehead atoms. The average Bonchev–Trinajstić information content (AvgIpc) is 2.61. The Morgan fingerprint density at radius 2 is 1.54 bits per heavy atom. The largest absolute Gasteiger partial charge is 0.385 e. The first-order valence-corrected chi connectivity index (χ1v) is 10.2. The minimum absolute atomic E-state index is 0.398. The molecule has 1 aromatic rings. The number of carbonyl (C=O) groups is 1. The molecule has 1 N–H and O–H groups in total. The number of halogens is 1. The van der Waals surface area contributed by atoms with Crippen molar-refractivity contribution >= 4 is 22.5 Å². The standard InChI is InChI=1S/C21H32ClNO/c22-21(24)19-13-15-20(16-14-19)23-17-9-4-2-1-3-6-10-18-11-7-5-8-12-18/h13-16,18,23H,1-12,17H2. The van der Waals surface area contributed by atoms with Gasteiger partial charge in [-0.1, -0.05) is 70.6 Å². The van der Waals surface area contributed by atoms with Gasteiger partial charge in [-0.25, -0.2) is 0 Å². The highest BCUT2D eigenvalue weighted by molar-refractivity contribution is 6.67. The molecule has 0 amide bonds. The SMILES string of the molecule is O=C(Cl)c1ccc(NCCCCCCCCC2CCCCC2)cc1. The van der Waals surface area contributed by atoms with Gasteiger partial charge in [-0.3, -0.25) is 4.79 Å². The third-order valence-corrected chi connectivity index (χ3v) is 5.42. The van der Waals surface area contributed by atoms with Gasteiger partial charge in [-0.05, 0) is 48.2 Å². The Balaban J connectivity index is 1.41. The number of benzene rings is 1. The minimum atomic E-state index is -0.398. The van der Waals surface area contributed by atoms with Crippen LogP contribution in [0.15, 0.2) is 24.3 Å². The molecule has 24 heavy (non-hydrogen) atoms. The first kappa shape index (κ1) is 19.3. The quantitative estimate of drug-likeness (QED) is 0.352. The van der Waals surface area contributed by atoms with E-state index in [1.54, 1.807) is 12.1 Å². The first-order chi connectivity index (χ1) is 11.8.